The molecule has 0 saturated heterocycles. The molecule has 0 aliphatic carbocycles. The fraction of sp³-hybridized carbons (Fsp3) is 0.121. The molecular formula is C33H29N5O5S2. The lowest BCUT2D eigenvalue weighted by Crippen LogP contribution is -2.30. The van der Waals surface area contributed by atoms with Crippen molar-refractivity contribution in [1.82, 2.24) is 15.5 Å². The topological polar surface area (TPSA) is 135 Å². The van der Waals surface area contributed by atoms with Crippen LogP contribution in [0.4, 0.5) is 10.8 Å². The molecular weight excluding hydrogens is 611 g/mol. The van der Waals surface area contributed by atoms with Gasteiger partial charge in [0.1, 0.15) is 28.0 Å². The molecule has 0 unspecified atom stereocenters. The Morgan fingerprint density at radius 1 is 0.911 bits per heavy atom. The number of benzene rings is 3. The Bertz CT molecular complexity index is 1830. The van der Waals surface area contributed by atoms with Crippen LogP contribution in [0, 0.1) is 6.92 Å². The zero-order chi connectivity index (χ0) is 31.8. The van der Waals surface area contributed by atoms with E-state index in [2.05, 4.69) is 26.1 Å². The highest BCUT2D eigenvalue weighted by Crippen LogP contribution is 2.31. The number of hydrogen-bond acceptors (Lipinski definition) is 9. The number of carbonyl (C=O) groups is 3. The zero-order valence-corrected chi connectivity index (χ0v) is 26.2. The van der Waals surface area contributed by atoms with E-state index in [1.54, 1.807) is 80.8 Å². The van der Waals surface area contributed by atoms with Gasteiger partial charge >= 0.3 is 0 Å². The van der Waals surface area contributed by atoms with Crippen LogP contribution in [0.15, 0.2) is 106 Å². The number of thioether (sulfide) groups is 1. The second-order valence-corrected chi connectivity index (χ2v) is 12.2. The summed E-state index contributed by atoms with van der Waals surface area (Å²) in [6.45, 7) is 3.61. The number of rotatable bonds is 11. The molecule has 0 fully saturated rings. The Balaban J connectivity index is 1.30. The first-order valence-corrected chi connectivity index (χ1v) is 15.5. The van der Waals surface area contributed by atoms with E-state index in [1.807, 2.05) is 31.2 Å². The SMILES string of the molecule is COc1ccccc1-c1ccc(/C=C(/NC(=O)c2ccccc2)C(=O)Nc2ccc(S[C@@H](C)C(=O)Nc3nnc(C)s3)cc2)o1. The maximum atomic E-state index is 13.5. The number of furan rings is 1. The Morgan fingerprint density at radius 2 is 1.64 bits per heavy atom. The van der Waals surface area contributed by atoms with Crippen molar-refractivity contribution in [3.8, 4) is 17.1 Å². The van der Waals surface area contributed by atoms with Gasteiger partial charge in [0.05, 0.1) is 17.9 Å². The third kappa shape index (κ3) is 8.25. The van der Waals surface area contributed by atoms with Crippen molar-refractivity contribution in [2.75, 3.05) is 17.7 Å². The van der Waals surface area contributed by atoms with Crippen LogP contribution in [0.2, 0.25) is 0 Å². The maximum absolute atomic E-state index is 13.5. The van der Waals surface area contributed by atoms with Gasteiger partial charge in [0, 0.05) is 22.2 Å². The summed E-state index contributed by atoms with van der Waals surface area (Å²) in [5, 5.41) is 17.0. The average molecular weight is 640 g/mol. The first-order chi connectivity index (χ1) is 21.8. The van der Waals surface area contributed by atoms with Crippen molar-refractivity contribution in [1.29, 1.82) is 0 Å². The van der Waals surface area contributed by atoms with Gasteiger partial charge in [0.2, 0.25) is 11.0 Å². The zero-order valence-electron chi connectivity index (χ0n) is 24.6. The first-order valence-electron chi connectivity index (χ1n) is 13.8. The lowest BCUT2D eigenvalue weighted by atomic mass is 10.1. The van der Waals surface area contributed by atoms with E-state index in [0.717, 1.165) is 15.5 Å². The number of methoxy groups -OCH3 is 1. The van der Waals surface area contributed by atoms with Gasteiger partial charge in [-0.2, -0.15) is 0 Å². The molecule has 12 heteroatoms. The van der Waals surface area contributed by atoms with Crippen LogP contribution in [-0.2, 0) is 9.59 Å². The van der Waals surface area contributed by atoms with E-state index in [0.29, 0.717) is 33.7 Å². The fourth-order valence-corrected chi connectivity index (χ4v) is 5.60. The lowest BCUT2D eigenvalue weighted by molar-refractivity contribution is -0.115. The normalized spacial score (nSPS) is 11.8. The molecule has 10 nitrogen and oxygen atoms in total. The van der Waals surface area contributed by atoms with E-state index in [4.69, 9.17) is 9.15 Å². The summed E-state index contributed by atoms with van der Waals surface area (Å²) < 4.78 is 11.5. The van der Waals surface area contributed by atoms with E-state index in [9.17, 15) is 14.4 Å². The van der Waals surface area contributed by atoms with Crippen molar-refractivity contribution in [2.24, 2.45) is 0 Å². The van der Waals surface area contributed by atoms with Crippen molar-refractivity contribution < 1.29 is 23.5 Å². The first kappa shape index (κ1) is 31.2. The minimum atomic E-state index is -0.546. The van der Waals surface area contributed by atoms with Gasteiger partial charge in [0.15, 0.2) is 0 Å². The Labute approximate surface area is 267 Å². The highest BCUT2D eigenvalue weighted by molar-refractivity contribution is 8.00. The van der Waals surface area contributed by atoms with Crippen LogP contribution in [0.1, 0.15) is 28.0 Å². The number of aryl methyl sites for hydroxylation is 1. The van der Waals surface area contributed by atoms with Gasteiger partial charge in [0.25, 0.3) is 11.8 Å². The number of hydrogen-bond donors (Lipinski definition) is 3. The van der Waals surface area contributed by atoms with E-state index >= 15 is 0 Å². The molecule has 3 amide bonds. The molecule has 0 spiro atoms. The van der Waals surface area contributed by atoms with Crippen molar-refractivity contribution in [3.63, 3.8) is 0 Å². The standard InChI is InChI=1S/C33H29N5O5S2/c1-20(30(39)36-33-38-37-21(2)45-33)44-25-16-13-23(14-17-25)34-32(41)27(35-31(40)22-9-5-4-6-10-22)19-24-15-18-29(43-24)26-11-7-8-12-28(26)42-3/h4-20H,1-3H3,(H,34,41)(H,35,40)(H,36,38,39)/b27-19+/t20-/m0/s1. The molecule has 0 aliphatic rings. The number of amides is 3. The molecule has 0 saturated carbocycles. The molecule has 0 radical (unpaired) electrons. The summed E-state index contributed by atoms with van der Waals surface area (Å²) in [5.41, 5.74) is 1.63. The summed E-state index contributed by atoms with van der Waals surface area (Å²) in [4.78, 5) is 39.9. The van der Waals surface area contributed by atoms with Gasteiger partial charge in [-0.05, 0) is 74.5 Å². The number of aromatic nitrogens is 2. The second kappa shape index (κ2) is 14.5. The van der Waals surface area contributed by atoms with Crippen LogP contribution >= 0.6 is 23.1 Å². The summed E-state index contributed by atoms with van der Waals surface area (Å²) >= 11 is 2.67. The molecule has 2 aromatic heterocycles. The van der Waals surface area contributed by atoms with Gasteiger partial charge in [-0.25, -0.2) is 0 Å². The average Bonchev–Trinajstić information content (AvgIpc) is 3.70. The number of nitrogens with one attached hydrogen (secondary N) is 3. The third-order valence-electron chi connectivity index (χ3n) is 6.37. The van der Waals surface area contributed by atoms with Crippen molar-refractivity contribution in [3.05, 3.63) is 113 Å². The van der Waals surface area contributed by atoms with E-state index in [1.165, 1.54) is 29.2 Å². The number of ether oxygens (including phenoxy) is 1. The predicted octanol–water partition coefficient (Wildman–Crippen LogP) is 6.64. The number of anilines is 2. The van der Waals surface area contributed by atoms with Gasteiger partial charge in [-0.1, -0.05) is 41.7 Å². The quantitative estimate of drug-likeness (QED) is 0.108. The molecule has 3 N–H and O–H groups in total. The van der Waals surface area contributed by atoms with Gasteiger partial charge in [-0.3, -0.25) is 19.7 Å². The monoisotopic (exact) mass is 639 g/mol. The third-order valence-corrected chi connectivity index (χ3v) is 8.23. The summed E-state index contributed by atoms with van der Waals surface area (Å²) in [5.74, 6) is 0.358. The molecule has 0 bridgehead atoms. The van der Waals surface area contributed by atoms with Crippen LogP contribution in [0.25, 0.3) is 17.4 Å². The minimum absolute atomic E-state index is 0.0135. The molecule has 228 valence electrons. The van der Waals surface area contributed by atoms with Crippen LogP contribution < -0.4 is 20.7 Å². The highest BCUT2D eigenvalue weighted by Gasteiger charge is 2.19. The molecule has 2 heterocycles. The highest BCUT2D eigenvalue weighted by atomic mass is 32.2. The molecule has 1 atom stereocenters. The summed E-state index contributed by atoms with van der Waals surface area (Å²) in [7, 11) is 1.58. The molecule has 5 aromatic rings. The van der Waals surface area contributed by atoms with E-state index in [-0.39, 0.29) is 11.6 Å². The van der Waals surface area contributed by atoms with Crippen molar-refractivity contribution in [2.45, 2.75) is 24.0 Å². The van der Waals surface area contributed by atoms with Gasteiger partial charge in [-0.15, -0.1) is 22.0 Å². The largest absolute Gasteiger partial charge is 0.496 e. The van der Waals surface area contributed by atoms with Crippen LogP contribution in [-0.4, -0.2) is 40.3 Å². The summed E-state index contributed by atoms with van der Waals surface area (Å²) in [6, 6.07) is 26.6. The van der Waals surface area contributed by atoms with Crippen LogP contribution in [0.3, 0.4) is 0 Å². The van der Waals surface area contributed by atoms with E-state index < -0.39 is 17.1 Å². The number of carbonyl (C=O) groups excluding carboxylic acids is 3. The fourth-order valence-electron chi connectivity index (χ4n) is 4.14. The van der Waals surface area contributed by atoms with Crippen LogP contribution in [0.5, 0.6) is 5.75 Å². The Hall–Kier alpha value is -5.20. The Kier molecular flexibility index (Phi) is 10.1. The van der Waals surface area contributed by atoms with Gasteiger partial charge < -0.3 is 19.8 Å². The molecule has 0 aliphatic heterocycles. The lowest BCUT2D eigenvalue weighted by Gasteiger charge is -2.12. The molecule has 3 aromatic carbocycles. The number of para-hydroxylation sites is 1. The molecule has 45 heavy (non-hydrogen) atoms. The number of nitrogens with zero attached hydrogens (tertiary/aromatic N) is 2. The van der Waals surface area contributed by atoms with Crippen molar-refractivity contribution >= 4 is 57.7 Å². The predicted molar refractivity (Wildman–Crippen MR) is 176 cm³/mol. The smallest absolute Gasteiger partial charge is 0.272 e. The summed E-state index contributed by atoms with van der Waals surface area (Å²) in [6.07, 6.45) is 1.47. The second-order valence-electron chi connectivity index (χ2n) is 9.63. The maximum Gasteiger partial charge on any atom is 0.272 e. The minimum Gasteiger partial charge on any atom is -0.496 e. The molecule has 5 rings (SSSR count). The Morgan fingerprint density at radius 3 is 2.36 bits per heavy atom.